The molecule has 6 nitrogen and oxygen atoms in total. The molecule has 4 aromatic rings. The zero-order valence-electron chi connectivity index (χ0n) is 19.1. The Morgan fingerprint density at radius 3 is 2.41 bits per heavy atom. The van der Waals surface area contributed by atoms with Crippen LogP contribution < -0.4 is 10.9 Å². The first kappa shape index (κ1) is 24.4. The summed E-state index contributed by atoms with van der Waals surface area (Å²) in [5, 5.41) is 15.0. The second kappa shape index (κ2) is 8.70. The Kier molecular flexibility index (Phi) is 5.75. The molecule has 1 heterocycles. The summed E-state index contributed by atoms with van der Waals surface area (Å²) < 4.78 is 71.3. The van der Waals surface area contributed by atoms with Gasteiger partial charge in [0.2, 0.25) is 5.60 Å². The van der Waals surface area contributed by atoms with E-state index in [1.165, 1.54) is 66.5 Å². The van der Waals surface area contributed by atoms with E-state index in [1.54, 1.807) is 0 Å². The Balaban J connectivity index is 1.49. The molecule has 0 aliphatic heterocycles. The molecule has 0 unspecified atom stereocenters. The van der Waals surface area contributed by atoms with Crippen molar-refractivity contribution in [2.75, 3.05) is 5.43 Å². The van der Waals surface area contributed by atoms with Gasteiger partial charge in [-0.05, 0) is 60.0 Å². The average molecular weight is 514 g/mol. The third kappa shape index (κ3) is 4.01. The minimum atomic E-state index is -5.10. The second-order valence-electron chi connectivity index (χ2n) is 8.64. The highest BCUT2D eigenvalue weighted by Crippen LogP contribution is 2.57. The summed E-state index contributed by atoms with van der Waals surface area (Å²) in [6, 6.07) is 11.7. The van der Waals surface area contributed by atoms with Crippen LogP contribution in [0, 0.1) is 11.6 Å². The van der Waals surface area contributed by atoms with Gasteiger partial charge in [-0.2, -0.15) is 18.3 Å². The second-order valence-corrected chi connectivity index (χ2v) is 8.64. The number of benzene rings is 3. The van der Waals surface area contributed by atoms with Gasteiger partial charge in [0.05, 0.1) is 11.9 Å². The van der Waals surface area contributed by atoms with E-state index >= 15 is 0 Å². The Morgan fingerprint density at radius 1 is 1.00 bits per heavy atom. The van der Waals surface area contributed by atoms with Crippen molar-refractivity contribution in [3.05, 3.63) is 95.8 Å². The van der Waals surface area contributed by atoms with Crippen molar-refractivity contribution in [3.63, 3.8) is 0 Å². The minimum absolute atomic E-state index is 0.0338. The van der Waals surface area contributed by atoms with E-state index in [-0.39, 0.29) is 22.3 Å². The third-order valence-electron chi connectivity index (χ3n) is 6.35. The molecule has 37 heavy (non-hydrogen) atoms. The zero-order chi connectivity index (χ0) is 26.5. The number of hydrazine groups is 1. The summed E-state index contributed by atoms with van der Waals surface area (Å²) >= 11 is 0. The Hall–Kier alpha value is -4.25. The summed E-state index contributed by atoms with van der Waals surface area (Å²) in [5.41, 5.74) is 1.66. The van der Waals surface area contributed by atoms with Crippen LogP contribution in [0.15, 0.2) is 73.1 Å². The molecule has 11 heteroatoms. The van der Waals surface area contributed by atoms with Crippen molar-refractivity contribution in [2.45, 2.75) is 24.7 Å². The summed E-state index contributed by atoms with van der Waals surface area (Å²) in [4.78, 5) is 12.6. The molecule has 5 rings (SSSR count). The van der Waals surface area contributed by atoms with Crippen molar-refractivity contribution in [1.82, 2.24) is 15.2 Å². The van der Waals surface area contributed by atoms with Crippen molar-refractivity contribution >= 4 is 11.6 Å². The van der Waals surface area contributed by atoms with Gasteiger partial charge in [-0.15, -0.1) is 0 Å². The monoisotopic (exact) mass is 514 g/mol. The van der Waals surface area contributed by atoms with E-state index in [9.17, 15) is 31.9 Å². The lowest BCUT2D eigenvalue weighted by Gasteiger charge is -2.28. The van der Waals surface area contributed by atoms with Gasteiger partial charge in [-0.1, -0.05) is 24.3 Å². The van der Waals surface area contributed by atoms with Gasteiger partial charge in [-0.3, -0.25) is 20.3 Å². The number of carbonyl (C=O) groups is 1. The lowest BCUT2D eigenvalue weighted by molar-refractivity contribution is -0.246. The predicted octanol–water partition coefficient (Wildman–Crippen LogP) is 5.31. The number of hydrogen-bond donors (Lipinski definition) is 3. The highest BCUT2D eigenvalue weighted by atomic mass is 19.4. The van der Waals surface area contributed by atoms with E-state index in [1.807, 2.05) is 0 Å². The first-order valence-corrected chi connectivity index (χ1v) is 11.1. The van der Waals surface area contributed by atoms with Crippen LogP contribution in [0.1, 0.15) is 24.1 Å². The van der Waals surface area contributed by atoms with Crippen molar-refractivity contribution in [2.24, 2.45) is 0 Å². The highest BCUT2D eigenvalue weighted by molar-refractivity contribution is 5.92. The third-order valence-corrected chi connectivity index (χ3v) is 6.35. The maximum absolute atomic E-state index is 14.6. The lowest BCUT2D eigenvalue weighted by atomic mass is 9.89. The summed E-state index contributed by atoms with van der Waals surface area (Å²) in [6.45, 7) is 1.53. The molecular formula is C26H19F5N4O2. The molecule has 0 spiro atoms. The Bertz CT molecular complexity index is 1500. The van der Waals surface area contributed by atoms with Gasteiger partial charge in [-0.25, -0.2) is 8.78 Å². The number of nitrogens with one attached hydrogen (secondary N) is 2. The number of amides is 1. The fourth-order valence-electron chi connectivity index (χ4n) is 4.46. The van der Waals surface area contributed by atoms with Crippen LogP contribution in [0.25, 0.3) is 22.3 Å². The molecular weight excluding hydrogens is 495 g/mol. The minimum Gasteiger partial charge on any atom is -0.372 e. The van der Waals surface area contributed by atoms with E-state index < -0.39 is 46.5 Å². The van der Waals surface area contributed by atoms with E-state index in [0.717, 1.165) is 12.1 Å². The van der Waals surface area contributed by atoms with E-state index in [0.29, 0.717) is 11.8 Å². The molecule has 3 N–H and O–H groups in total. The van der Waals surface area contributed by atoms with Crippen LogP contribution in [0.5, 0.6) is 0 Å². The van der Waals surface area contributed by atoms with Gasteiger partial charge < -0.3 is 5.11 Å². The summed E-state index contributed by atoms with van der Waals surface area (Å²) in [5.74, 6) is -1.92. The van der Waals surface area contributed by atoms with Gasteiger partial charge in [0.25, 0.3) is 5.91 Å². The van der Waals surface area contributed by atoms with Gasteiger partial charge in [0.1, 0.15) is 17.7 Å². The molecule has 0 bridgehead atoms. The van der Waals surface area contributed by atoms with Crippen LogP contribution in [0.4, 0.5) is 27.6 Å². The van der Waals surface area contributed by atoms with E-state index in [2.05, 4.69) is 16.0 Å². The molecule has 3 aromatic carbocycles. The first-order chi connectivity index (χ1) is 17.5. The number of halogens is 5. The zero-order valence-corrected chi connectivity index (χ0v) is 19.1. The number of aliphatic hydroxyl groups is 1. The van der Waals surface area contributed by atoms with Crippen LogP contribution in [0.2, 0.25) is 0 Å². The number of nitrogens with zero attached hydrogens (tertiary/aromatic N) is 2. The van der Waals surface area contributed by atoms with Crippen LogP contribution in [-0.4, -0.2) is 27.0 Å². The summed E-state index contributed by atoms with van der Waals surface area (Å²) in [7, 11) is 0. The van der Waals surface area contributed by atoms with Crippen LogP contribution in [0.3, 0.4) is 0 Å². The van der Waals surface area contributed by atoms with Crippen LogP contribution in [-0.2, 0) is 10.4 Å². The fourth-order valence-corrected chi connectivity index (χ4v) is 4.46. The maximum atomic E-state index is 14.6. The molecule has 2 atom stereocenters. The van der Waals surface area contributed by atoms with Crippen molar-refractivity contribution in [3.8, 4) is 22.3 Å². The Labute approximate surface area is 207 Å². The molecule has 190 valence electrons. The largest absolute Gasteiger partial charge is 0.425 e. The number of alkyl halides is 3. The van der Waals surface area contributed by atoms with Gasteiger partial charge in [0, 0.05) is 22.9 Å². The molecule has 0 radical (unpaired) electrons. The predicted molar refractivity (Wildman–Crippen MR) is 125 cm³/mol. The highest BCUT2D eigenvalue weighted by Gasteiger charge is 2.61. The number of hydrogen-bond acceptors (Lipinski definition) is 4. The first-order valence-electron chi connectivity index (χ1n) is 11.1. The number of anilines is 1. The quantitative estimate of drug-likeness (QED) is 0.249. The molecule has 1 amide bonds. The molecule has 0 saturated carbocycles. The Morgan fingerprint density at radius 2 is 1.70 bits per heavy atom. The van der Waals surface area contributed by atoms with Crippen molar-refractivity contribution < 1.29 is 31.9 Å². The normalized spacial score (nSPS) is 17.2. The topological polar surface area (TPSA) is 79.2 Å². The maximum Gasteiger partial charge on any atom is 0.425 e. The molecule has 1 aliphatic carbocycles. The lowest BCUT2D eigenvalue weighted by Crippen LogP contribution is -2.41. The smallest absolute Gasteiger partial charge is 0.372 e. The van der Waals surface area contributed by atoms with Gasteiger partial charge >= 0.3 is 6.18 Å². The summed E-state index contributed by atoms with van der Waals surface area (Å²) in [6.07, 6.45) is -2.39. The van der Waals surface area contributed by atoms with Gasteiger partial charge in [0.15, 0.2) is 0 Å². The van der Waals surface area contributed by atoms with E-state index in [4.69, 9.17) is 0 Å². The molecule has 1 aliphatic rings. The molecule has 0 saturated heterocycles. The standard InChI is InChI=1S/C26H19F5N4O2/c1-14(24(36)34-33-18-8-6-16(27)7-9-18)35-13-15(12-32-35)20-10-17(28)11-22-23(20)19-4-2-3-5-21(19)25(22,37)26(29,30)31/h2-14,33,37H,1H3,(H,34,36)/t14-,25+/m1/s1. The fraction of sp³-hybridized carbons (Fsp3) is 0.154. The number of aromatic nitrogens is 2. The van der Waals surface area contributed by atoms with Crippen molar-refractivity contribution in [1.29, 1.82) is 0 Å². The van der Waals surface area contributed by atoms with Crippen LogP contribution >= 0.6 is 0 Å². The number of carbonyl (C=O) groups excluding carboxylic acids is 1. The average Bonchev–Trinajstić information content (AvgIpc) is 3.45. The number of fused-ring (bicyclic) bond motifs is 3. The number of rotatable bonds is 5. The molecule has 0 fully saturated rings. The molecule has 1 aromatic heterocycles. The SMILES string of the molecule is C[C@H](C(=O)NNc1ccc(F)cc1)n1cc(-c2cc(F)cc3c2-c2ccccc2[C@@]3(O)C(F)(F)F)cn1.